The molecule has 0 spiro atoms. The third-order valence-corrected chi connectivity index (χ3v) is 5.10. The van der Waals surface area contributed by atoms with Gasteiger partial charge < -0.3 is 14.2 Å². The molecular formula is C21H28N4O3. The minimum atomic E-state index is 0.0441. The second-order valence-electron chi connectivity index (χ2n) is 6.91. The zero-order valence-corrected chi connectivity index (χ0v) is 16.6. The summed E-state index contributed by atoms with van der Waals surface area (Å²) in [7, 11) is 0. The average Bonchev–Trinajstić information content (AvgIpc) is 3.18. The summed E-state index contributed by atoms with van der Waals surface area (Å²) in [5.41, 5.74) is 1.54. The molecule has 1 saturated heterocycles. The number of carbonyl (C=O) groups is 2. The smallest absolute Gasteiger partial charge is 0.236 e. The number of oxazole rings is 1. The molecule has 150 valence electrons. The van der Waals surface area contributed by atoms with E-state index in [9.17, 15) is 9.59 Å². The number of likely N-dealkylation sites (N-methyl/N-ethyl adjacent to an activating group) is 1. The number of rotatable bonds is 7. The van der Waals surface area contributed by atoms with Crippen LogP contribution in [0.3, 0.4) is 0 Å². The van der Waals surface area contributed by atoms with Gasteiger partial charge in [0.25, 0.3) is 0 Å². The van der Waals surface area contributed by atoms with Crippen LogP contribution < -0.4 is 0 Å². The van der Waals surface area contributed by atoms with Gasteiger partial charge >= 0.3 is 0 Å². The van der Waals surface area contributed by atoms with Crippen LogP contribution in [-0.4, -0.2) is 77.3 Å². The molecule has 0 N–H and O–H groups in total. The summed E-state index contributed by atoms with van der Waals surface area (Å²) in [5, 5.41) is 0. The van der Waals surface area contributed by atoms with Crippen molar-refractivity contribution in [1.29, 1.82) is 0 Å². The number of benzene rings is 1. The highest BCUT2D eigenvalue weighted by molar-refractivity contribution is 5.79. The lowest BCUT2D eigenvalue weighted by atomic mass is 10.2. The molecule has 0 atom stereocenters. The van der Waals surface area contributed by atoms with Crippen molar-refractivity contribution in [1.82, 2.24) is 19.7 Å². The van der Waals surface area contributed by atoms with Crippen molar-refractivity contribution in [3.63, 3.8) is 0 Å². The third kappa shape index (κ3) is 4.98. The predicted molar refractivity (Wildman–Crippen MR) is 107 cm³/mol. The SMILES string of the molecule is CCN(CC)C(=O)CN1CCN(C(=O)Cc2coc(-c3ccccc3)n2)CC1. The second kappa shape index (κ2) is 9.50. The highest BCUT2D eigenvalue weighted by Crippen LogP contribution is 2.18. The molecule has 0 unspecified atom stereocenters. The van der Waals surface area contributed by atoms with Gasteiger partial charge in [-0.1, -0.05) is 18.2 Å². The first-order valence-corrected chi connectivity index (χ1v) is 9.88. The fraction of sp³-hybridized carbons (Fsp3) is 0.476. The average molecular weight is 384 g/mol. The van der Waals surface area contributed by atoms with Gasteiger partial charge in [-0.05, 0) is 26.0 Å². The molecule has 1 aliphatic rings. The van der Waals surface area contributed by atoms with Gasteiger partial charge in [0.1, 0.15) is 6.26 Å². The topological polar surface area (TPSA) is 69.9 Å². The van der Waals surface area contributed by atoms with Crippen molar-refractivity contribution in [2.45, 2.75) is 20.3 Å². The molecule has 1 aromatic carbocycles. The summed E-state index contributed by atoms with van der Waals surface area (Å²) in [5.74, 6) is 0.728. The lowest BCUT2D eigenvalue weighted by molar-refractivity contribution is -0.134. The van der Waals surface area contributed by atoms with E-state index in [1.807, 2.05) is 54.0 Å². The van der Waals surface area contributed by atoms with Crippen molar-refractivity contribution in [2.75, 3.05) is 45.8 Å². The summed E-state index contributed by atoms with van der Waals surface area (Å²) in [6, 6.07) is 9.64. The van der Waals surface area contributed by atoms with Crippen LogP contribution in [0.25, 0.3) is 11.5 Å². The number of nitrogens with zero attached hydrogens (tertiary/aromatic N) is 4. The summed E-state index contributed by atoms with van der Waals surface area (Å²) in [4.78, 5) is 35.1. The van der Waals surface area contributed by atoms with E-state index in [0.29, 0.717) is 44.3 Å². The Morgan fingerprint density at radius 1 is 1.07 bits per heavy atom. The summed E-state index contributed by atoms with van der Waals surface area (Å²) in [6.45, 7) is 8.57. The lowest BCUT2D eigenvalue weighted by Gasteiger charge is -2.35. The standard InChI is InChI=1S/C21H28N4O3/c1-3-24(4-2)20(27)15-23-10-12-25(13-11-23)19(26)14-18-16-28-21(22-18)17-8-6-5-7-9-17/h5-9,16H,3-4,10-15H2,1-2H3. The molecule has 1 aromatic heterocycles. The van der Waals surface area contributed by atoms with Crippen molar-refractivity contribution in [3.8, 4) is 11.5 Å². The van der Waals surface area contributed by atoms with Crippen molar-refractivity contribution >= 4 is 11.8 Å². The summed E-state index contributed by atoms with van der Waals surface area (Å²) in [6.07, 6.45) is 1.79. The largest absolute Gasteiger partial charge is 0.444 e. The van der Waals surface area contributed by atoms with E-state index in [1.165, 1.54) is 0 Å². The maximum Gasteiger partial charge on any atom is 0.236 e. The molecule has 0 radical (unpaired) electrons. The molecule has 2 amide bonds. The maximum absolute atomic E-state index is 12.6. The van der Waals surface area contributed by atoms with E-state index in [2.05, 4.69) is 9.88 Å². The van der Waals surface area contributed by atoms with Crippen LogP contribution in [0.1, 0.15) is 19.5 Å². The van der Waals surface area contributed by atoms with Crippen molar-refractivity contribution < 1.29 is 14.0 Å². The Morgan fingerprint density at radius 3 is 2.39 bits per heavy atom. The van der Waals surface area contributed by atoms with Crippen LogP contribution >= 0.6 is 0 Å². The molecular weight excluding hydrogens is 356 g/mol. The quantitative estimate of drug-likeness (QED) is 0.729. The first kappa shape index (κ1) is 20.1. The highest BCUT2D eigenvalue weighted by atomic mass is 16.3. The summed E-state index contributed by atoms with van der Waals surface area (Å²) >= 11 is 0. The molecule has 28 heavy (non-hydrogen) atoms. The van der Waals surface area contributed by atoms with Crippen LogP contribution in [0.2, 0.25) is 0 Å². The first-order chi connectivity index (χ1) is 13.6. The normalized spacial score (nSPS) is 14.9. The monoisotopic (exact) mass is 384 g/mol. The van der Waals surface area contributed by atoms with Crippen LogP contribution in [0.5, 0.6) is 0 Å². The minimum absolute atomic E-state index is 0.0441. The van der Waals surface area contributed by atoms with Crippen LogP contribution in [-0.2, 0) is 16.0 Å². The lowest BCUT2D eigenvalue weighted by Crippen LogP contribution is -2.51. The Morgan fingerprint density at radius 2 is 1.75 bits per heavy atom. The maximum atomic E-state index is 12.6. The van der Waals surface area contributed by atoms with E-state index in [4.69, 9.17) is 4.42 Å². The van der Waals surface area contributed by atoms with Crippen molar-refractivity contribution in [3.05, 3.63) is 42.3 Å². The molecule has 1 fully saturated rings. The van der Waals surface area contributed by atoms with Crippen LogP contribution in [0.4, 0.5) is 0 Å². The molecule has 2 aromatic rings. The zero-order chi connectivity index (χ0) is 19.9. The van der Waals surface area contributed by atoms with Crippen LogP contribution in [0.15, 0.2) is 41.0 Å². The van der Waals surface area contributed by atoms with Gasteiger partial charge in [-0.25, -0.2) is 4.98 Å². The van der Waals surface area contributed by atoms with Gasteiger partial charge in [0.2, 0.25) is 17.7 Å². The Balaban J connectivity index is 1.48. The van der Waals surface area contributed by atoms with Crippen LogP contribution in [0, 0.1) is 0 Å². The Bertz CT molecular complexity index is 778. The fourth-order valence-corrected chi connectivity index (χ4v) is 3.39. The third-order valence-electron chi connectivity index (χ3n) is 5.10. The van der Waals surface area contributed by atoms with E-state index in [1.54, 1.807) is 6.26 Å². The van der Waals surface area contributed by atoms with Gasteiger partial charge in [-0.3, -0.25) is 14.5 Å². The number of aromatic nitrogens is 1. The highest BCUT2D eigenvalue weighted by Gasteiger charge is 2.24. The summed E-state index contributed by atoms with van der Waals surface area (Å²) < 4.78 is 5.51. The Kier molecular flexibility index (Phi) is 6.81. The number of piperazine rings is 1. The molecule has 2 heterocycles. The molecule has 1 aliphatic heterocycles. The Hall–Kier alpha value is -2.67. The zero-order valence-electron chi connectivity index (χ0n) is 16.6. The first-order valence-electron chi connectivity index (χ1n) is 9.88. The van der Waals surface area contributed by atoms with E-state index in [-0.39, 0.29) is 18.2 Å². The number of amides is 2. The molecule has 7 heteroatoms. The predicted octanol–water partition coefficient (Wildman–Crippen LogP) is 1.90. The van der Waals surface area contributed by atoms with E-state index in [0.717, 1.165) is 18.7 Å². The van der Waals surface area contributed by atoms with E-state index >= 15 is 0 Å². The van der Waals surface area contributed by atoms with E-state index < -0.39 is 0 Å². The Labute approximate surface area is 165 Å². The number of hydrogen-bond donors (Lipinski definition) is 0. The molecule has 3 rings (SSSR count). The van der Waals surface area contributed by atoms with Gasteiger partial charge in [-0.2, -0.15) is 0 Å². The molecule has 0 saturated carbocycles. The van der Waals surface area contributed by atoms with Gasteiger partial charge in [0.05, 0.1) is 18.7 Å². The van der Waals surface area contributed by atoms with Gasteiger partial charge in [-0.15, -0.1) is 0 Å². The van der Waals surface area contributed by atoms with Gasteiger partial charge in [0, 0.05) is 44.8 Å². The number of carbonyl (C=O) groups excluding carboxylic acids is 2. The minimum Gasteiger partial charge on any atom is -0.444 e. The van der Waals surface area contributed by atoms with Gasteiger partial charge in [0.15, 0.2) is 0 Å². The van der Waals surface area contributed by atoms with Crippen molar-refractivity contribution in [2.24, 2.45) is 0 Å². The molecule has 0 aliphatic carbocycles. The molecule has 7 nitrogen and oxygen atoms in total. The number of hydrogen-bond acceptors (Lipinski definition) is 5. The second-order valence-corrected chi connectivity index (χ2v) is 6.91. The fourth-order valence-electron chi connectivity index (χ4n) is 3.39. The molecule has 0 bridgehead atoms.